The number of ether oxygens (including phenoxy) is 1. The van der Waals surface area contributed by atoms with Crippen LogP contribution in [-0.2, 0) is 10.0 Å². The predicted molar refractivity (Wildman–Crippen MR) is 124 cm³/mol. The molecule has 170 valence electrons. The number of methoxy groups -OCH3 is 1. The number of hydrogen-bond donors (Lipinski definition) is 1. The molecule has 1 N–H and O–H groups in total. The summed E-state index contributed by atoms with van der Waals surface area (Å²) in [5, 5.41) is 3.26. The van der Waals surface area contributed by atoms with Gasteiger partial charge in [0.1, 0.15) is 11.6 Å². The standard InChI is InChI=1S/C21H27N7O3S/c1-15-11-20(26-7-9-28(10-8-26)32(4,29)30)25-21(23-15)24-17-5-6-18(19(12-17)31-3)27-13-16(2)22-14-27/h5-6,11-14H,7-10H2,1-4H3,(H,23,24,25). The average molecular weight is 458 g/mol. The van der Waals surface area contributed by atoms with E-state index in [0.717, 1.165) is 28.6 Å². The summed E-state index contributed by atoms with van der Waals surface area (Å²) in [7, 11) is -1.54. The van der Waals surface area contributed by atoms with Gasteiger partial charge in [0.2, 0.25) is 16.0 Å². The first-order valence-electron chi connectivity index (χ1n) is 10.2. The van der Waals surface area contributed by atoms with Crippen LogP contribution >= 0.6 is 0 Å². The van der Waals surface area contributed by atoms with Gasteiger partial charge in [-0.15, -0.1) is 0 Å². The number of rotatable bonds is 6. The van der Waals surface area contributed by atoms with Crippen LogP contribution in [0.3, 0.4) is 0 Å². The highest BCUT2D eigenvalue weighted by molar-refractivity contribution is 7.88. The third kappa shape index (κ3) is 4.83. The molecule has 0 unspecified atom stereocenters. The molecule has 3 aromatic rings. The van der Waals surface area contributed by atoms with Crippen LogP contribution in [0.15, 0.2) is 36.8 Å². The molecule has 2 aromatic heterocycles. The maximum atomic E-state index is 11.8. The van der Waals surface area contributed by atoms with Crippen LogP contribution in [0.5, 0.6) is 5.75 Å². The minimum absolute atomic E-state index is 0.441. The molecule has 1 fully saturated rings. The summed E-state index contributed by atoms with van der Waals surface area (Å²) in [5.41, 5.74) is 3.42. The zero-order chi connectivity index (χ0) is 22.9. The van der Waals surface area contributed by atoms with Gasteiger partial charge in [0, 0.05) is 55.9 Å². The molecule has 1 saturated heterocycles. The molecular formula is C21H27N7O3S. The molecule has 3 heterocycles. The Bertz CT molecular complexity index is 1220. The van der Waals surface area contributed by atoms with Gasteiger partial charge in [0.05, 0.1) is 31.1 Å². The van der Waals surface area contributed by atoms with Crippen molar-refractivity contribution in [2.45, 2.75) is 13.8 Å². The number of nitrogens with one attached hydrogen (secondary N) is 1. The molecule has 0 saturated carbocycles. The van der Waals surface area contributed by atoms with E-state index in [9.17, 15) is 8.42 Å². The number of piperazine rings is 1. The lowest BCUT2D eigenvalue weighted by Crippen LogP contribution is -2.48. The second-order valence-electron chi connectivity index (χ2n) is 7.77. The quantitative estimate of drug-likeness (QED) is 0.600. The average Bonchev–Trinajstić information content (AvgIpc) is 3.18. The van der Waals surface area contributed by atoms with Crippen molar-refractivity contribution in [3.63, 3.8) is 0 Å². The number of aryl methyl sites for hydroxylation is 2. The third-order valence-corrected chi connectivity index (χ3v) is 6.60. The summed E-state index contributed by atoms with van der Waals surface area (Å²) in [6, 6.07) is 7.68. The first kappa shape index (κ1) is 22.0. The second-order valence-corrected chi connectivity index (χ2v) is 9.76. The molecule has 1 aromatic carbocycles. The Hall–Kier alpha value is -3.18. The van der Waals surface area contributed by atoms with Crippen molar-refractivity contribution in [3.05, 3.63) is 48.2 Å². The van der Waals surface area contributed by atoms with Crippen LogP contribution in [0.1, 0.15) is 11.4 Å². The maximum Gasteiger partial charge on any atom is 0.229 e. The van der Waals surface area contributed by atoms with Gasteiger partial charge in [0.15, 0.2) is 0 Å². The molecule has 1 aliphatic rings. The van der Waals surface area contributed by atoms with Gasteiger partial charge in [-0.3, -0.25) is 0 Å². The molecule has 0 atom stereocenters. The molecule has 0 bridgehead atoms. The first-order chi connectivity index (χ1) is 15.2. The van der Waals surface area contributed by atoms with Crippen molar-refractivity contribution in [2.24, 2.45) is 0 Å². The Morgan fingerprint density at radius 2 is 1.78 bits per heavy atom. The topological polar surface area (TPSA) is 105 Å². The number of hydrogen-bond acceptors (Lipinski definition) is 8. The number of nitrogens with zero attached hydrogens (tertiary/aromatic N) is 6. The zero-order valence-electron chi connectivity index (χ0n) is 18.6. The fraction of sp³-hybridized carbons (Fsp3) is 0.381. The maximum absolute atomic E-state index is 11.8. The number of aromatic nitrogens is 4. The van der Waals surface area contributed by atoms with E-state index < -0.39 is 10.0 Å². The van der Waals surface area contributed by atoms with E-state index >= 15 is 0 Å². The van der Waals surface area contributed by atoms with E-state index in [0.29, 0.717) is 37.9 Å². The third-order valence-electron chi connectivity index (χ3n) is 5.30. The monoisotopic (exact) mass is 457 g/mol. The summed E-state index contributed by atoms with van der Waals surface area (Å²) in [5.74, 6) is 1.93. The highest BCUT2D eigenvalue weighted by Gasteiger charge is 2.24. The van der Waals surface area contributed by atoms with E-state index in [4.69, 9.17) is 4.74 Å². The van der Waals surface area contributed by atoms with Gasteiger partial charge in [-0.25, -0.2) is 18.4 Å². The summed E-state index contributed by atoms with van der Waals surface area (Å²) in [6.45, 7) is 5.89. The van der Waals surface area contributed by atoms with Crippen LogP contribution < -0.4 is 15.0 Å². The van der Waals surface area contributed by atoms with E-state index in [1.165, 1.54) is 10.6 Å². The highest BCUT2D eigenvalue weighted by atomic mass is 32.2. The first-order valence-corrected chi connectivity index (χ1v) is 12.1. The van der Waals surface area contributed by atoms with E-state index in [2.05, 4.69) is 25.2 Å². The summed E-state index contributed by atoms with van der Waals surface area (Å²) >= 11 is 0. The Balaban J connectivity index is 1.53. The molecule has 0 aliphatic carbocycles. The Kier molecular flexibility index (Phi) is 6.02. The van der Waals surface area contributed by atoms with Crippen molar-refractivity contribution in [3.8, 4) is 11.4 Å². The second kappa shape index (κ2) is 8.75. The number of imidazole rings is 1. The molecule has 0 spiro atoms. The summed E-state index contributed by atoms with van der Waals surface area (Å²) in [6.07, 6.45) is 4.93. The van der Waals surface area contributed by atoms with Crippen LogP contribution in [0.4, 0.5) is 17.5 Å². The van der Waals surface area contributed by atoms with Crippen molar-refractivity contribution >= 4 is 27.5 Å². The van der Waals surface area contributed by atoms with E-state index in [1.807, 2.05) is 48.9 Å². The Morgan fingerprint density at radius 3 is 2.41 bits per heavy atom. The van der Waals surface area contributed by atoms with Gasteiger partial charge in [-0.1, -0.05) is 0 Å². The number of sulfonamides is 1. The highest BCUT2D eigenvalue weighted by Crippen LogP contribution is 2.28. The Labute approximate surface area is 187 Å². The molecule has 0 amide bonds. The van der Waals surface area contributed by atoms with Gasteiger partial charge in [0.25, 0.3) is 0 Å². The summed E-state index contributed by atoms with van der Waals surface area (Å²) < 4.78 is 32.5. The molecule has 11 heteroatoms. The number of benzene rings is 1. The normalized spacial score (nSPS) is 15.1. The van der Waals surface area contributed by atoms with Gasteiger partial charge in [-0.2, -0.15) is 9.29 Å². The molecular weight excluding hydrogens is 430 g/mol. The number of anilines is 3. The van der Waals surface area contributed by atoms with Crippen molar-refractivity contribution in [1.29, 1.82) is 0 Å². The fourth-order valence-electron chi connectivity index (χ4n) is 3.67. The minimum atomic E-state index is -3.17. The smallest absolute Gasteiger partial charge is 0.229 e. The molecule has 10 nitrogen and oxygen atoms in total. The van der Waals surface area contributed by atoms with Crippen molar-refractivity contribution < 1.29 is 13.2 Å². The largest absolute Gasteiger partial charge is 0.494 e. The zero-order valence-corrected chi connectivity index (χ0v) is 19.4. The predicted octanol–water partition coefficient (Wildman–Crippen LogP) is 2.11. The van der Waals surface area contributed by atoms with Crippen LogP contribution in [0, 0.1) is 13.8 Å². The molecule has 32 heavy (non-hydrogen) atoms. The lowest BCUT2D eigenvalue weighted by atomic mass is 10.2. The van der Waals surface area contributed by atoms with Crippen molar-refractivity contribution in [1.82, 2.24) is 23.8 Å². The molecule has 0 radical (unpaired) electrons. The van der Waals surface area contributed by atoms with Crippen LogP contribution in [0.2, 0.25) is 0 Å². The fourth-order valence-corrected chi connectivity index (χ4v) is 4.50. The summed E-state index contributed by atoms with van der Waals surface area (Å²) in [4.78, 5) is 15.5. The van der Waals surface area contributed by atoms with E-state index in [-0.39, 0.29) is 0 Å². The minimum Gasteiger partial charge on any atom is -0.494 e. The van der Waals surface area contributed by atoms with Crippen LogP contribution in [0.25, 0.3) is 5.69 Å². The van der Waals surface area contributed by atoms with E-state index in [1.54, 1.807) is 13.4 Å². The van der Waals surface area contributed by atoms with Gasteiger partial charge >= 0.3 is 0 Å². The Morgan fingerprint density at radius 1 is 1.03 bits per heavy atom. The SMILES string of the molecule is COc1cc(Nc2nc(C)cc(N3CCN(S(C)(=O)=O)CC3)n2)ccc1-n1cnc(C)c1. The molecule has 4 rings (SSSR count). The lowest BCUT2D eigenvalue weighted by molar-refractivity contribution is 0.387. The van der Waals surface area contributed by atoms with Crippen LogP contribution in [-0.4, -0.2) is 71.8 Å². The van der Waals surface area contributed by atoms with Gasteiger partial charge < -0.3 is 19.5 Å². The van der Waals surface area contributed by atoms with Crippen molar-refractivity contribution in [2.75, 3.05) is 49.8 Å². The van der Waals surface area contributed by atoms with Gasteiger partial charge in [-0.05, 0) is 26.0 Å². The lowest BCUT2D eigenvalue weighted by Gasteiger charge is -2.34. The molecule has 1 aliphatic heterocycles.